The van der Waals surface area contributed by atoms with E-state index in [4.69, 9.17) is 0 Å². The number of benzene rings is 1. The van der Waals surface area contributed by atoms with Crippen LogP contribution in [-0.4, -0.2) is 34.5 Å². The molecule has 1 amide bonds. The summed E-state index contributed by atoms with van der Waals surface area (Å²) >= 11 is 3.13. The lowest BCUT2D eigenvalue weighted by atomic mass is 9.92. The second-order valence-electron chi connectivity index (χ2n) is 5.11. The first-order valence-corrected chi connectivity index (χ1v) is 7.18. The molecule has 0 saturated carbocycles. The van der Waals surface area contributed by atoms with E-state index in [-0.39, 0.29) is 11.5 Å². The number of amides is 1. The van der Waals surface area contributed by atoms with Gasteiger partial charge in [0.15, 0.2) is 0 Å². The predicted molar refractivity (Wildman–Crippen MR) is 75.0 cm³/mol. The van der Waals surface area contributed by atoms with Crippen molar-refractivity contribution in [3.05, 3.63) is 34.1 Å². The normalized spacial score (nSPS) is 22.6. The van der Waals surface area contributed by atoms with Gasteiger partial charge in [-0.05, 0) is 37.0 Å². The molecule has 2 rings (SSSR count). The number of nitrogens with zero attached hydrogens (tertiary/aromatic N) is 1. The molecule has 1 N–H and O–H groups in total. The second-order valence-corrected chi connectivity index (χ2v) is 6.02. The highest BCUT2D eigenvalue weighted by Crippen LogP contribution is 2.25. The van der Waals surface area contributed by atoms with Crippen LogP contribution < -0.4 is 0 Å². The smallest absolute Gasteiger partial charge is 0.326 e. The molecule has 0 spiro atoms. The van der Waals surface area contributed by atoms with E-state index in [1.807, 2.05) is 6.92 Å². The minimum Gasteiger partial charge on any atom is -0.480 e. The Hall–Kier alpha value is -1.43. The summed E-state index contributed by atoms with van der Waals surface area (Å²) in [6.45, 7) is 2.30. The highest BCUT2D eigenvalue weighted by Gasteiger charge is 2.35. The zero-order valence-electron chi connectivity index (χ0n) is 11.0. The second kappa shape index (κ2) is 5.91. The standard InChI is InChI=1S/C14H15BrFNO3/c1-8-4-5-17(12(6-8)14(19)20)13(18)10-3-2-9(15)7-11(10)16/h2-3,7-8,12H,4-6H2,1H3,(H,19,20). The molecule has 1 heterocycles. The third kappa shape index (κ3) is 3.00. The van der Waals surface area contributed by atoms with E-state index in [9.17, 15) is 19.1 Å². The van der Waals surface area contributed by atoms with Gasteiger partial charge in [-0.2, -0.15) is 0 Å². The number of aliphatic carboxylic acids is 1. The molecule has 1 aromatic carbocycles. The third-order valence-corrected chi connectivity index (χ3v) is 4.07. The summed E-state index contributed by atoms with van der Waals surface area (Å²) in [5.74, 6) is -2.00. The van der Waals surface area contributed by atoms with Crippen LogP contribution >= 0.6 is 15.9 Å². The van der Waals surface area contributed by atoms with E-state index < -0.39 is 23.7 Å². The van der Waals surface area contributed by atoms with Crippen LogP contribution in [0.15, 0.2) is 22.7 Å². The largest absolute Gasteiger partial charge is 0.480 e. The van der Waals surface area contributed by atoms with Gasteiger partial charge in [-0.3, -0.25) is 4.79 Å². The Morgan fingerprint density at radius 1 is 1.45 bits per heavy atom. The average Bonchev–Trinajstić information content (AvgIpc) is 2.37. The van der Waals surface area contributed by atoms with Crippen LogP contribution in [0.4, 0.5) is 4.39 Å². The van der Waals surface area contributed by atoms with E-state index >= 15 is 0 Å². The van der Waals surface area contributed by atoms with Gasteiger partial charge in [0.2, 0.25) is 0 Å². The van der Waals surface area contributed by atoms with Crippen molar-refractivity contribution < 1.29 is 19.1 Å². The highest BCUT2D eigenvalue weighted by molar-refractivity contribution is 9.10. The van der Waals surface area contributed by atoms with Gasteiger partial charge in [0.1, 0.15) is 11.9 Å². The fourth-order valence-electron chi connectivity index (χ4n) is 2.44. The summed E-state index contributed by atoms with van der Waals surface area (Å²) in [4.78, 5) is 24.9. The van der Waals surface area contributed by atoms with Crippen molar-refractivity contribution in [2.45, 2.75) is 25.8 Å². The maximum absolute atomic E-state index is 13.8. The summed E-state index contributed by atoms with van der Waals surface area (Å²) in [6, 6.07) is 3.27. The number of hydrogen-bond acceptors (Lipinski definition) is 2. The van der Waals surface area contributed by atoms with Crippen LogP contribution in [-0.2, 0) is 4.79 Å². The number of carbonyl (C=O) groups is 2. The molecule has 0 bridgehead atoms. The number of carboxylic acid groups (broad SMARTS) is 1. The maximum Gasteiger partial charge on any atom is 0.326 e. The van der Waals surface area contributed by atoms with Crippen LogP contribution in [0.2, 0.25) is 0 Å². The number of rotatable bonds is 2. The molecule has 4 nitrogen and oxygen atoms in total. The van der Waals surface area contributed by atoms with Gasteiger partial charge in [-0.25, -0.2) is 9.18 Å². The van der Waals surface area contributed by atoms with Crippen molar-refractivity contribution in [2.24, 2.45) is 5.92 Å². The minimum atomic E-state index is -1.04. The molecule has 1 aliphatic heterocycles. The summed E-state index contributed by atoms with van der Waals surface area (Å²) < 4.78 is 14.4. The average molecular weight is 344 g/mol. The number of carboxylic acids is 1. The van der Waals surface area contributed by atoms with Crippen LogP contribution in [0.25, 0.3) is 0 Å². The molecule has 2 unspecified atom stereocenters. The van der Waals surface area contributed by atoms with Gasteiger partial charge in [-0.15, -0.1) is 0 Å². The van der Waals surface area contributed by atoms with E-state index in [1.54, 1.807) is 6.07 Å². The molecule has 108 valence electrons. The van der Waals surface area contributed by atoms with E-state index in [2.05, 4.69) is 15.9 Å². The summed E-state index contributed by atoms with van der Waals surface area (Å²) in [6.07, 6.45) is 1.13. The first-order chi connectivity index (χ1) is 9.40. The number of carbonyl (C=O) groups excluding carboxylic acids is 1. The van der Waals surface area contributed by atoms with Crippen LogP contribution in [0, 0.1) is 11.7 Å². The third-order valence-electron chi connectivity index (χ3n) is 3.57. The quantitative estimate of drug-likeness (QED) is 0.898. The summed E-state index contributed by atoms with van der Waals surface area (Å²) in [5, 5.41) is 9.24. The number of piperidine rings is 1. The molecule has 1 aromatic rings. The summed E-state index contributed by atoms with van der Waals surface area (Å²) in [5.41, 5.74) is -0.0889. The Balaban J connectivity index is 2.28. The number of hydrogen-bond donors (Lipinski definition) is 1. The zero-order chi connectivity index (χ0) is 14.9. The van der Waals surface area contributed by atoms with Gasteiger partial charge in [0.05, 0.1) is 5.56 Å². The van der Waals surface area contributed by atoms with E-state index in [0.717, 1.165) is 6.42 Å². The molecule has 1 fully saturated rings. The minimum absolute atomic E-state index is 0.0889. The lowest BCUT2D eigenvalue weighted by molar-refractivity contribution is -0.144. The van der Waals surface area contributed by atoms with Gasteiger partial charge in [0.25, 0.3) is 5.91 Å². The molecule has 1 saturated heterocycles. The lowest BCUT2D eigenvalue weighted by Crippen LogP contribution is -2.50. The molecule has 0 aromatic heterocycles. The lowest BCUT2D eigenvalue weighted by Gasteiger charge is -2.36. The Kier molecular flexibility index (Phi) is 4.42. The van der Waals surface area contributed by atoms with Crippen molar-refractivity contribution in [3.8, 4) is 0 Å². The van der Waals surface area contributed by atoms with Gasteiger partial charge in [0, 0.05) is 11.0 Å². The number of halogens is 2. The molecule has 0 radical (unpaired) electrons. The van der Waals surface area contributed by atoms with Crippen molar-refractivity contribution in [1.29, 1.82) is 0 Å². The monoisotopic (exact) mass is 343 g/mol. The van der Waals surface area contributed by atoms with Crippen molar-refractivity contribution in [3.63, 3.8) is 0 Å². The predicted octanol–water partition coefficient (Wildman–Crippen LogP) is 2.91. The molecule has 2 atom stereocenters. The van der Waals surface area contributed by atoms with Crippen molar-refractivity contribution in [1.82, 2.24) is 4.90 Å². The Morgan fingerprint density at radius 3 is 2.75 bits per heavy atom. The zero-order valence-corrected chi connectivity index (χ0v) is 12.6. The molecule has 1 aliphatic rings. The highest BCUT2D eigenvalue weighted by atomic mass is 79.9. The Bertz CT molecular complexity index is 549. The maximum atomic E-state index is 13.8. The fourth-order valence-corrected chi connectivity index (χ4v) is 2.77. The van der Waals surface area contributed by atoms with Gasteiger partial charge < -0.3 is 10.0 Å². The van der Waals surface area contributed by atoms with Gasteiger partial charge >= 0.3 is 5.97 Å². The van der Waals surface area contributed by atoms with E-state index in [1.165, 1.54) is 17.0 Å². The van der Waals surface area contributed by atoms with Crippen LogP contribution in [0.1, 0.15) is 30.1 Å². The van der Waals surface area contributed by atoms with Crippen molar-refractivity contribution >= 4 is 27.8 Å². The first-order valence-electron chi connectivity index (χ1n) is 6.39. The van der Waals surface area contributed by atoms with Gasteiger partial charge in [-0.1, -0.05) is 22.9 Å². The molecule has 20 heavy (non-hydrogen) atoms. The molecule has 0 aliphatic carbocycles. The first kappa shape index (κ1) is 15.0. The topological polar surface area (TPSA) is 57.6 Å². The Morgan fingerprint density at radius 2 is 2.15 bits per heavy atom. The number of likely N-dealkylation sites (tertiary alicyclic amines) is 1. The van der Waals surface area contributed by atoms with Crippen LogP contribution in [0.5, 0.6) is 0 Å². The van der Waals surface area contributed by atoms with Crippen molar-refractivity contribution in [2.75, 3.05) is 6.54 Å². The molecule has 6 heteroatoms. The Labute approximate surface area is 124 Å². The van der Waals surface area contributed by atoms with Crippen LogP contribution in [0.3, 0.4) is 0 Å². The molecular weight excluding hydrogens is 329 g/mol. The van der Waals surface area contributed by atoms with E-state index in [0.29, 0.717) is 17.4 Å². The SMILES string of the molecule is CC1CCN(C(=O)c2ccc(Br)cc2F)C(C(=O)O)C1. The summed E-state index contributed by atoms with van der Waals surface area (Å²) in [7, 11) is 0. The fraction of sp³-hybridized carbons (Fsp3) is 0.429. The molecular formula is C14H15BrFNO3.